The third-order valence-electron chi connectivity index (χ3n) is 0.612. The van der Waals surface area contributed by atoms with E-state index in [0.29, 0.717) is 0 Å². The van der Waals surface area contributed by atoms with Gasteiger partial charge in [-0.2, -0.15) is 0 Å². The molecule has 0 aliphatic carbocycles. The van der Waals surface area contributed by atoms with Crippen LogP contribution in [0.25, 0.3) is 0 Å². The van der Waals surface area contributed by atoms with E-state index in [0.717, 1.165) is 0 Å². The van der Waals surface area contributed by atoms with Gasteiger partial charge < -0.3 is 5.11 Å². The first-order chi connectivity index (χ1) is 2.94. The van der Waals surface area contributed by atoms with Crippen molar-refractivity contribution in [2.75, 3.05) is 0 Å². The van der Waals surface area contributed by atoms with E-state index < -0.39 is 0 Å². The van der Waals surface area contributed by atoms with E-state index in [2.05, 4.69) is 12.2 Å². The Bertz CT molecular complexity index is 84.9. The molecule has 0 aromatic heterocycles. The van der Waals surface area contributed by atoms with Gasteiger partial charge in [0.2, 0.25) is 0 Å². The minimum atomic E-state index is -0.324. The SMILES string of the molecule is CC(C)(C)C([O-])=S.[Na+]. The molecule has 0 aromatic carbocycles. The fraction of sp³-hybridized carbons (Fsp3) is 0.800. The van der Waals surface area contributed by atoms with Crippen molar-refractivity contribution in [2.45, 2.75) is 20.8 Å². The van der Waals surface area contributed by atoms with Gasteiger partial charge >= 0.3 is 29.6 Å². The Kier molecular flexibility index (Phi) is 5.58. The average molecular weight is 140 g/mol. The molecule has 0 saturated carbocycles. The van der Waals surface area contributed by atoms with Crippen molar-refractivity contribution in [3.63, 3.8) is 0 Å². The zero-order chi connectivity index (χ0) is 6.08. The summed E-state index contributed by atoms with van der Waals surface area (Å²) < 4.78 is 0. The van der Waals surface area contributed by atoms with E-state index in [9.17, 15) is 5.11 Å². The fourth-order valence-electron chi connectivity index (χ4n) is 0. The number of hydrogen-bond acceptors (Lipinski definition) is 2. The molecule has 0 aliphatic rings. The maximum Gasteiger partial charge on any atom is 1.00 e. The molecule has 0 N–H and O–H groups in total. The van der Waals surface area contributed by atoms with Crippen LogP contribution in [0.15, 0.2) is 0 Å². The summed E-state index contributed by atoms with van der Waals surface area (Å²) in [6.45, 7) is 5.42. The molecule has 0 aliphatic heterocycles. The molecule has 3 heteroatoms. The Morgan fingerprint density at radius 3 is 1.50 bits per heavy atom. The summed E-state index contributed by atoms with van der Waals surface area (Å²) in [5.74, 6) is 0. The zero-order valence-corrected chi connectivity index (χ0v) is 8.63. The standard InChI is InChI=1S/C5H10OS.Na/c1-5(2,3)4(6)7;/h1-3H3,(H,6,7);/q;+1/p-1. The van der Waals surface area contributed by atoms with Crippen molar-refractivity contribution >= 4 is 17.3 Å². The molecule has 0 saturated heterocycles. The molecule has 0 rings (SSSR count). The third kappa shape index (κ3) is 5.04. The molecule has 0 unspecified atom stereocenters. The minimum Gasteiger partial charge on any atom is -0.867 e. The maximum atomic E-state index is 10.3. The summed E-state index contributed by atoms with van der Waals surface area (Å²) in [6, 6.07) is 0. The summed E-state index contributed by atoms with van der Waals surface area (Å²) >= 11 is 4.38. The molecule has 0 spiro atoms. The van der Waals surface area contributed by atoms with Gasteiger partial charge in [-0.25, -0.2) is 0 Å². The van der Waals surface area contributed by atoms with E-state index in [1.54, 1.807) is 0 Å². The molecule has 0 fully saturated rings. The van der Waals surface area contributed by atoms with Crippen LogP contribution in [-0.2, 0) is 0 Å². The van der Waals surface area contributed by atoms with Gasteiger partial charge in [-0.05, 0) is 5.41 Å². The van der Waals surface area contributed by atoms with Gasteiger partial charge in [0.25, 0.3) is 0 Å². The molecule has 1 nitrogen and oxygen atoms in total. The van der Waals surface area contributed by atoms with Crippen molar-refractivity contribution in [2.24, 2.45) is 5.41 Å². The topological polar surface area (TPSA) is 23.1 Å². The number of hydrogen-bond donors (Lipinski definition) is 0. The molecule has 42 valence electrons. The fourth-order valence-corrected chi connectivity index (χ4v) is 0. The van der Waals surface area contributed by atoms with Gasteiger partial charge in [-0.1, -0.05) is 25.8 Å². The quantitative estimate of drug-likeness (QED) is 0.279. The van der Waals surface area contributed by atoms with Crippen LogP contribution in [0.1, 0.15) is 20.8 Å². The van der Waals surface area contributed by atoms with Crippen molar-refractivity contribution in [3.05, 3.63) is 0 Å². The molecule has 0 aromatic rings. The van der Waals surface area contributed by atoms with Gasteiger partial charge in [0.15, 0.2) is 0 Å². The van der Waals surface area contributed by atoms with E-state index in [-0.39, 0.29) is 40.0 Å². The monoisotopic (exact) mass is 140 g/mol. The maximum absolute atomic E-state index is 10.3. The van der Waals surface area contributed by atoms with Crippen molar-refractivity contribution < 1.29 is 34.7 Å². The van der Waals surface area contributed by atoms with Crippen LogP contribution in [0.3, 0.4) is 0 Å². The number of rotatable bonds is 0. The minimum absolute atomic E-state index is 0. The molecule has 0 heterocycles. The van der Waals surface area contributed by atoms with E-state index in [4.69, 9.17) is 0 Å². The summed E-state index contributed by atoms with van der Waals surface area (Å²) in [5, 5.41) is 10.1. The molecule has 0 radical (unpaired) electrons. The first kappa shape index (κ1) is 11.7. The molecule has 8 heavy (non-hydrogen) atoms. The van der Waals surface area contributed by atoms with E-state index >= 15 is 0 Å². The molecule has 0 atom stereocenters. The summed E-state index contributed by atoms with van der Waals surface area (Å²) in [4.78, 5) is 0. The predicted molar refractivity (Wildman–Crippen MR) is 32.1 cm³/mol. The molecular weight excluding hydrogens is 131 g/mol. The normalized spacial score (nSPS) is 9.88. The van der Waals surface area contributed by atoms with Gasteiger partial charge in [-0.3, -0.25) is 0 Å². The van der Waals surface area contributed by atoms with Gasteiger partial charge in [-0.15, -0.1) is 12.2 Å². The Hall–Kier alpha value is 0.890. The first-order valence-electron chi connectivity index (χ1n) is 2.16. The largest absolute Gasteiger partial charge is 1.00 e. The Labute approximate surface area is 77.8 Å². The van der Waals surface area contributed by atoms with Gasteiger partial charge in [0.05, 0.1) is 0 Å². The van der Waals surface area contributed by atoms with Crippen LogP contribution in [0.5, 0.6) is 0 Å². The average Bonchev–Trinajstić information content (AvgIpc) is 1.31. The second kappa shape index (κ2) is 3.83. The van der Waals surface area contributed by atoms with Crippen molar-refractivity contribution in [1.29, 1.82) is 0 Å². The third-order valence-corrected chi connectivity index (χ3v) is 1.22. The zero-order valence-electron chi connectivity index (χ0n) is 5.82. The predicted octanol–water partition coefficient (Wildman–Crippen LogP) is -2.28. The van der Waals surface area contributed by atoms with Gasteiger partial charge in [0, 0.05) is 0 Å². The summed E-state index contributed by atoms with van der Waals surface area (Å²) in [7, 11) is 0. The summed E-state index contributed by atoms with van der Waals surface area (Å²) in [5.41, 5.74) is -0.324. The second-order valence-electron chi connectivity index (χ2n) is 2.54. The van der Waals surface area contributed by atoms with E-state index in [1.807, 2.05) is 20.8 Å². The van der Waals surface area contributed by atoms with E-state index in [1.165, 1.54) is 0 Å². The first-order valence-corrected chi connectivity index (χ1v) is 2.57. The molecular formula is C5H9NaOS. The smallest absolute Gasteiger partial charge is 0.867 e. The Morgan fingerprint density at radius 1 is 1.38 bits per heavy atom. The van der Waals surface area contributed by atoms with Crippen LogP contribution in [-0.4, -0.2) is 5.05 Å². The molecule has 0 bridgehead atoms. The second-order valence-corrected chi connectivity index (χ2v) is 2.91. The van der Waals surface area contributed by atoms with Crippen LogP contribution in [0.2, 0.25) is 0 Å². The van der Waals surface area contributed by atoms with Crippen LogP contribution in [0.4, 0.5) is 0 Å². The van der Waals surface area contributed by atoms with Crippen molar-refractivity contribution in [3.8, 4) is 0 Å². The summed E-state index contributed by atoms with van der Waals surface area (Å²) in [6.07, 6.45) is 0. The van der Waals surface area contributed by atoms with Gasteiger partial charge in [0.1, 0.15) is 0 Å². The van der Waals surface area contributed by atoms with Crippen LogP contribution in [0, 0.1) is 5.41 Å². The molecule has 0 amide bonds. The Morgan fingerprint density at radius 2 is 1.50 bits per heavy atom. The van der Waals surface area contributed by atoms with Crippen LogP contribution < -0.4 is 34.7 Å². The number of thiocarbonyl (C=S) groups is 1. The Balaban J connectivity index is 0. The van der Waals surface area contributed by atoms with Crippen LogP contribution >= 0.6 is 12.2 Å². The van der Waals surface area contributed by atoms with Crippen molar-refractivity contribution in [1.82, 2.24) is 0 Å².